The molecule has 0 aromatic carbocycles. The fraction of sp³-hybridized carbons (Fsp3) is 0.900. The molecule has 0 aromatic rings. The lowest BCUT2D eigenvalue weighted by Gasteiger charge is -2.37. The van der Waals surface area contributed by atoms with E-state index in [-0.39, 0.29) is 12.5 Å². The van der Waals surface area contributed by atoms with Crippen molar-refractivity contribution in [2.45, 2.75) is 38.1 Å². The van der Waals surface area contributed by atoms with Gasteiger partial charge in [-0.05, 0) is 31.6 Å². The number of fused-ring (bicyclic) bond motifs is 1. The highest BCUT2D eigenvalue weighted by Gasteiger charge is 2.36. The lowest BCUT2D eigenvalue weighted by atomic mass is 9.92. The second-order valence-corrected chi connectivity index (χ2v) is 4.19. The largest absolute Gasteiger partial charge is 0.338 e. The van der Waals surface area contributed by atoms with Gasteiger partial charge in [0.2, 0.25) is 5.91 Å². The molecule has 0 unspecified atom stereocenters. The molecule has 0 bridgehead atoms. The Morgan fingerprint density at radius 2 is 2.08 bits per heavy atom. The lowest BCUT2D eigenvalue weighted by Crippen LogP contribution is -2.48. The molecule has 13 heavy (non-hydrogen) atoms. The van der Waals surface area contributed by atoms with E-state index in [4.69, 9.17) is 5.73 Å². The highest BCUT2D eigenvalue weighted by atomic mass is 16.2. The summed E-state index contributed by atoms with van der Waals surface area (Å²) in [5.74, 6) is 0.931. The van der Waals surface area contributed by atoms with Crippen molar-refractivity contribution in [2.24, 2.45) is 11.7 Å². The van der Waals surface area contributed by atoms with E-state index in [1.807, 2.05) is 4.90 Å². The van der Waals surface area contributed by atoms with E-state index in [9.17, 15) is 4.79 Å². The Morgan fingerprint density at radius 3 is 2.85 bits per heavy atom. The summed E-state index contributed by atoms with van der Waals surface area (Å²) in [6, 6.07) is 0.532. The molecule has 2 fully saturated rings. The van der Waals surface area contributed by atoms with Crippen LogP contribution < -0.4 is 5.73 Å². The second-order valence-electron chi connectivity index (χ2n) is 4.19. The molecule has 3 heteroatoms. The van der Waals surface area contributed by atoms with Gasteiger partial charge in [0.1, 0.15) is 0 Å². The number of likely N-dealkylation sites (tertiary alicyclic amines) is 1. The maximum Gasteiger partial charge on any atom is 0.236 e. The molecule has 74 valence electrons. The van der Waals surface area contributed by atoms with Crippen molar-refractivity contribution in [3.8, 4) is 0 Å². The minimum absolute atomic E-state index is 0.150. The molecule has 2 rings (SSSR count). The van der Waals surface area contributed by atoms with Gasteiger partial charge in [0, 0.05) is 12.6 Å². The van der Waals surface area contributed by atoms with E-state index in [1.165, 1.54) is 32.1 Å². The fourth-order valence-corrected chi connectivity index (χ4v) is 2.88. The number of hydrogen-bond donors (Lipinski definition) is 1. The van der Waals surface area contributed by atoms with Crippen LogP contribution in [0.15, 0.2) is 0 Å². The van der Waals surface area contributed by atoms with Crippen LogP contribution in [0.25, 0.3) is 0 Å². The third-order valence-electron chi connectivity index (χ3n) is 3.49. The number of carbonyl (C=O) groups is 1. The molecular weight excluding hydrogens is 164 g/mol. The molecule has 1 aliphatic heterocycles. The molecule has 1 saturated carbocycles. The summed E-state index contributed by atoms with van der Waals surface area (Å²) in [7, 11) is 0. The zero-order chi connectivity index (χ0) is 9.26. The minimum atomic E-state index is 0.150. The Morgan fingerprint density at radius 1 is 1.31 bits per heavy atom. The standard InChI is InChI=1S/C10H18N2O/c11-7-10(13)12-6-2-4-8-3-1-5-9(8)12/h8-9H,1-7,11H2/t8-,9+/m1/s1. The quantitative estimate of drug-likeness (QED) is 0.650. The zero-order valence-electron chi connectivity index (χ0n) is 8.04. The van der Waals surface area contributed by atoms with Crippen LogP contribution >= 0.6 is 0 Å². The number of carbonyl (C=O) groups excluding carboxylic acids is 1. The Kier molecular flexibility index (Phi) is 2.54. The second kappa shape index (κ2) is 3.66. The summed E-state index contributed by atoms with van der Waals surface area (Å²) in [6.45, 7) is 1.13. The van der Waals surface area contributed by atoms with Crippen molar-refractivity contribution in [3.05, 3.63) is 0 Å². The Labute approximate surface area is 79.3 Å². The summed E-state index contributed by atoms with van der Waals surface area (Å²) in [5, 5.41) is 0. The lowest BCUT2D eigenvalue weighted by molar-refractivity contribution is -0.134. The van der Waals surface area contributed by atoms with E-state index in [0.717, 1.165) is 12.5 Å². The average molecular weight is 182 g/mol. The van der Waals surface area contributed by atoms with Crippen molar-refractivity contribution in [2.75, 3.05) is 13.1 Å². The fourth-order valence-electron chi connectivity index (χ4n) is 2.88. The number of hydrogen-bond acceptors (Lipinski definition) is 2. The minimum Gasteiger partial charge on any atom is -0.338 e. The Bertz CT molecular complexity index is 205. The first kappa shape index (κ1) is 9.00. The maximum atomic E-state index is 11.5. The monoisotopic (exact) mass is 182 g/mol. The van der Waals surface area contributed by atoms with E-state index in [1.54, 1.807) is 0 Å². The van der Waals surface area contributed by atoms with Crippen LogP contribution in [0.3, 0.4) is 0 Å². The molecule has 1 saturated heterocycles. The van der Waals surface area contributed by atoms with E-state index < -0.39 is 0 Å². The molecule has 1 amide bonds. The van der Waals surface area contributed by atoms with Crippen LogP contribution in [0.1, 0.15) is 32.1 Å². The summed E-state index contributed by atoms with van der Waals surface area (Å²) in [5.41, 5.74) is 5.39. The first-order chi connectivity index (χ1) is 6.33. The normalized spacial score (nSPS) is 33.2. The maximum absolute atomic E-state index is 11.5. The Hall–Kier alpha value is -0.570. The number of rotatable bonds is 1. The van der Waals surface area contributed by atoms with Gasteiger partial charge in [-0.15, -0.1) is 0 Å². The van der Waals surface area contributed by atoms with Gasteiger partial charge in [-0.1, -0.05) is 6.42 Å². The average Bonchev–Trinajstić information content (AvgIpc) is 2.63. The van der Waals surface area contributed by atoms with Crippen molar-refractivity contribution >= 4 is 5.91 Å². The summed E-state index contributed by atoms with van der Waals surface area (Å²) in [6.07, 6.45) is 6.31. The first-order valence-electron chi connectivity index (χ1n) is 5.32. The van der Waals surface area contributed by atoms with Gasteiger partial charge in [-0.2, -0.15) is 0 Å². The molecule has 2 atom stereocenters. The van der Waals surface area contributed by atoms with Gasteiger partial charge in [0.15, 0.2) is 0 Å². The Balaban J connectivity index is 2.05. The van der Waals surface area contributed by atoms with Gasteiger partial charge in [0.05, 0.1) is 6.54 Å². The summed E-state index contributed by atoms with van der Waals surface area (Å²) < 4.78 is 0. The van der Waals surface area contributed by atoms with Crippen LogP contribution in [0, 0.1) is 5.92 Å². The van der Waals surface area contributed by atoms with Gasteiger partial charge in [-0.25, -0.2) is 0 Å². The van der Waals surface area contributed by atoms with Gasteiger partial charge in [0.25, 0.3) is 0 Å². The molecule has 3 nitrogen and oxygen atoms in total. The molecule has 1 heterocycles. The van der Waals surface area contributed by atoms with Crippen LogP contribution in [0.4, 0.5) is 0 Å². The van der Waals surface area contributed by atoms with Crippen molar-refractivity contribution in [1.29, 1.82) is 0 Å². The smallest absolute Gasteiger partial charge is 0.236 e. The van der Waals surface area contributed by atoms with Crippen molar-refractivity contribution < 1.29 is 4.79 Å². The molecule has 0 aromatic heterocycles. The topological polar surface area (TPSA) is 46.3 Å². The van der Waals surface area contributed by atoms with Crippen molar-refractivity contribution in [1.82, 2.24) is 4.90 Å². The molecule has 2 aliphatic rings. The van der Waals surface area contributed by atoms with Gasteiger partial charge in [-0.3, -0.25) is 4.79 Å². The van der Waals surface area contributed by atoms with Crippen LogP contribution in [-0.2, 0) is 4.79 Å². The van der Waals surface area contributed by atoms with E-state index in [2.05, 4.69) is 0 Å². The van der Waals surface area contributed by atoms with Crippen molar-refractivity contribution in [3.63, 3.8) is 0 Å². The highest BCUT2D eigenvalue weighted by Crippen LogP contribution is 2.36. The molecule has 0 radical (unpaired) electrons. The third-order valence-corrected chi connectivity index (χ3v) is 3.49. The number of nitrogens with zero attached hydrogens (tertiary/aromatic N) is 1. The zero-order valence-corrected chi connectivity index (χ0v) is 8.04. The van der Waals surface area contributed by atoms with E-state index in [0.29, 0.717) is 6.04 Å². The first-order valence-corrected chi connectivity index (χ1v) is 5.32. The number of piperidine rings is 1. The molecule has 1 aliphatic carbocycles. The molecule has 0 spiro atoms. The molecule has 2 N–H and O–H groups in total. The van der Waals surface area contributed by atoms with Crippen LogP contribution in [0.5, 0.6) is 0 Å². The number of nitrogens with two attached hydrogens (primary N) is 1. The third kappa shape index (κ3) is 1.57. The predicted molar refractivity (Wildman–Crippen MR) is 51.1 cm³/mol. The van der Waals surface area contributed by atoms with Crippen LogP contribution in [-0.4, -0.2) is 29.9 Å². The van der Waals surface area contributed by atoms with Gasteiger partial charge < -0.3 is 10.6 Å². The summed E-state index contributed by atoms with van der Waals surface area (Å²) >= 11 is 0. The van der Waals surface area contributed by atoms with E-state index >= 15 is 0 Å². The molecular formula is C10H18N2O. The SMILES string of the molecule is NCC(=O)N1CCC[C@H]2CCC[C@@H]21. The van der Waals surface area contributed by atoms with Crippen LogP contribution in [0.2, 0.25) is 0 Å². The van der Waals surface area contributed by atoms with Gasteiger partial charge >= 0.3 is 0 Å². The summed E-state index contributed by atoms with van der Waals surface area (Å²) in [4.78, 5) is 13.5. The predicted octanol–water partition coefficient (Wildman–Crippen LogP) is 0.736. The number of amides is 1. The highest BCUT2D eigenvalue weighted by molar-refractivity contribution is 5.78.